The SMILES string of the molecule is CC(C)CC(CN)CNC1CCC1. The van der Waals surface area contributed by atoms with Gasteiger partial charge >= 0.3 is 0 Å². The van der Waals surface area contributed by atoms with E-state index in [9.17, 15) is 0 Å². The average molecular weight is 184 g/mol. The van der Waals surface area contributed by atoms with Gasteiger partial charge in [-0.25, -0.2) is 0 Å². The van der Waals surface area contributed by atoms with E-state index in [1.54, 1.807) is 0 Å². The van der Waals surface area contributed by atoms with E-state index in [-0.39, 0.29) is 0 Å². The molecule has 0 aromatic carbocycles. The Balaban J connectivity index is 2.07. The lowest BCUT2D eigenvalue weighted by Gasteiger charge is -2.29. The van der Waals surface area contributed by atoms with Gasteiger partial charge in [-0.05, 0) is 44.2 Å². The maximum atomic E-state index is 5.73. The van der Waals surface area contributed by atoms with Crippen LogP contribution >= 0.6 is 0 Å². The van der Waals surface area contributed by atoms with Crippen LogP contribution in [0, 0.1) is 11.8 Å². The summed E-state index contributed by atoms with van der Waals surface area (Å²) in [4.78, 5) is 0. The molecule has 1 fully saturated rings. The Kier molecular flexibility index (Phi) is 4.74. The number of hydrogen-bond acceptors (Lipinski definition) is 2. The molecule has 2 nitrogen and oxygen atoms in total. The molecule has 0 aromatic heterocycles. The maximum Gasteiger partial charge on any atom is 0.00672 e. The standard InChI is InChI=1S/C11H24N2/c1-9(2)6-10(7-12)8-13-11-4-3-5-11/h9-11,13H,3-8,12H2,1-2H3. The van der Waals surface area contributed by atoms with Gasteiger partial charge in [0, 0.05) is 6.04 Å². The van der Waals surface area contributed by atoms with E-state index in [1.165, 1.54) is 25.7 Å². The predicted molar refractivity (Wildman–Crippen MR) is 57.6 cm³/mol. The van der Waals surface area contributed by atoms with E-state index in [1.807, 2.05) is 0 Å². The lowest BCUT2D eigenvalue weighted by molar-refractivity contribution is 0.301. The third kappa shape index (κ3) is 4.10. The Bertz CT molecular complexity index is 130. The quantitative estimate of drug-likeness (QED) is 0.660. The highest BCUT2D eigenvalue weighted by Crippen LogP contribution is 2.19. The molecule has 3 N–H and O–H groups in total. The van der Waals surface area contributed by atoms with Crippen molar-refractivity contribution in [2.45, 2.75) is 45.6 Å². The zero-order chi connectivity index (χ0) is 9.68. The lowest BCUT2D eigenvalue weighted by atomic mass is 9.91. The lowest BCUT2D eigenvalue weighted by Crippen LogP contribution is -2.40. The molecular weight excluding hydrogens is 160 g/mol. The molecule has 1 unspecified atom stereocenters. The number of rotatable bonds is 6. The first-order valence-electron chi connectivity index (χ1n) is 5.65. The summed E-state index contributed by atoms with van der Waals surface area (Å²) in [5.41, 5.74) is 5.73. The van der Waals surface area contributed by atoms with Crippen LogP contribution < -0.4 is 11.1 Å². The third-order valence-electron chi connectivity index (χ3n) is 2.94. The molecule has 0 heterocycles. The van der Waals surface area contributed by atoms with E-state index in [0.717, 1.165) is 25.0 Å². The highest BCUT2D eigenvalue weighted by molar-refractivity contribution is 4.78. The zero-order valence-electron chi connectivity index (χ0n) is 9.05. The minimum atomic E-state index is 0.681. The van der Waals surface area contributed by atoms with Crippen LogP contribution in [0.25, 0.3) is 0 Å². The van der Waals surface area contributed by atoms with Gasteiger partial charge in [-0.3, -0.25) is 0 Å². The van der Waals surface area contributed by atoms with Crippen molar-refractivity contribution in [1.29, 1.82) is 0 Å². The molecule has 1 saturated carbocycles. The van der Waals surface area contributed by atoms with Crippen LogP contribution in [0.2, 0.25) is 0 Å². The second-order valence-electron chi connectivity index (χ2n) is 4.77. The van der Waals surface area contributed by atoms with Gasteiger partial charge < -0.3 is 11.1 Å². The maximum absolute atomic E-state index is 5.73. The van der Waals surface area contributed by atoms with Gasteiger partial charge in [-0.1, -0.05) is 20.3 Å². The Morgan fingerprint density at radius 1 is 1.38 bits per heavy atom. The molecule has 0 bridgehead atoms. The van der Waals surface area contributed by atoms with E-state index < -0.39 is 0 Å². The van der Waals surface area contributed by atoms with Crippen LogP contribution in [0.15, 0.2) is 0 Å². The highest BCUT2D eigenvalue weighted by atomic mass is 14.9. The van der Waals surface area contributed by atoms with Crippen molar-refractivity contribution in [2.24, 2.45) is 17.6 Å². The fourth-order valence-electron chi connectivity index (χ4n) is 1.88. The Morgan fingerprint density at radius 3 is 2.46 bits per heavy atom. The van der Waals surface area contributed by atoms with Crippen molar-refractivity contribution >= 4 is 0 Å². The summed E-state index contributed by atoms with van der Waals surface area (Å²) in [5.74, 6) is 1.46. The van der Waals surface area contributed by atoms with Crippen LogP contribution in [0.3, 0.4) is 0 Å². The van der Waals surface area contributed by atoms with Crippen molar-refractivity contribution in [1.82, 2.24) is 5.32 Å². The molecule has 0 saturated heterocycles. The Morgan fingerprint density at radius 2 is 2.08 bits per heavy atom. The largest absolute Gasteiger partial charge is 0.330 e. The second-order valence-corrected chi connectivity index (χ2v) is 4.77. The average Bonchev–Trinajstić information content (AvgIpc) is 1.99. The summed E-state index contributed by atoms with van der Waals surface area (Å²) in [6.07, 6.45) is 5.42. The molecule has 2 heteroatoms. The third-order valence-corrected chi connectivity index (χ3v) is 2.94. The van der Waals surface area contributed by atoms with Crippen molar-refractivity contribution in [3.8, 4) is 0 Å². The number of nitrogens with two attached hydrogens (primary N) is 1. The van der Waals surface area contributed by atoms with Crippen LogP contribution in [0.1, 0.15) is 39.5 Å². The van der Waals surface area contributed by atoms with Gasteiger partial charge in [-0.2, -0.15) is 0 Å². The normalized spacial score (nSPS) is 20.3. The first kappa shape index (κ1) is 11.0. The molecule has 0 aliphatic heterocycles. The van der Waals surface area contributed by atoms with Gasteiger partial charge in [0.15, 0.2) is 0 Å². The number of hydrogen-bond donors (Lipinski definition) is 2. The predicted octanol–water partition coefficient (Wildman–Crippen LogP) is 1.75. The molecule has 1 aliphatic rings. The number of nitrogens with one attached hydrogen (secondary N) is 1. The monoisotopic (exact) mass is 184 g/mol. The summed E-state index contributed by atoms with van der Waals surface area (Å²) in [6, 6.07) is 0.807. The summed E-state index contributed by atoms with van der Waals surface area (Å²) >= 11 is 0. The molecule has 0 amide bonds. The van der Waals surface area contributed by atoms with Crippen LogP contribution in [-0.2, 0) is 0 Å². The smallest absolute Gasteiger partial charge is 0.00672 e. The fraction of sp³-hybridized carbons (Fsp3) is 1.00. The molecule has 0 spiro atoms. The molecule has 1 rings (SSSR count). The van der Waals surface area contributed by atoms with Gasteiger partial charge in [0.1, 0.15) is 0 Å². The Labute approximate surface area is 82.3 Å². The first-order valence-corrected chi connectivity index (χ1v) is 5.65. The second kappa shape index (κ2) is 5.61. The van der Waals surface area contributed by atoms with Crippen molar-refractivity contribution in [3.05, 3.63) is 0 Å². The summed E-state index contributed by atoms with van der Waals surface area (Å²) < 4.78 is 0. The van der Waals surface area contributed by atoms with E-state index in [4.69, 9.17) is 5.73 Å². The first-order chi connectivity index (χ1) is 6.22. The summed E-state index contributed by atoms with van der Waals surface area (Å²) in [6.45, 7) is 6.50. The molecule has 1 atom stereocenters. The van der Waals surface area contributed by atoms with E-state index >= 15 is 0 Å². The van der Waals surface area contributed by atoms with Crippen LogP contribution in [0.4, 0.5) is 0 Å². The van der Waals surface area contributed by atoms with Gasteiger partial charge in [-0.15, -0.1) is 0 Å². The fourth-order valence-corrected chi connectivity index (χ4v) is 1.88. The molecule has 0 radical (unpaired) electrons. The molecule has 0 aromatic rings. The van der Waals surface area contributed by atoms with Crippen LogP contribution in [0.5, 0.6) is 0 Å². The molecular formula is C11H24N2. The van der Waals surface area contributed by atoms with E-state index in [0.29, 0.717) is 5.92 Å². The van der Waals surface area contributed by atoms with Crippen molar-refractivity contribution < 1.29 is 0 Å². The minimum absolute atomic E-state index is 0.681. The summed E-state index contributed by atoms with van der Waals surface area (Å²) in [7, 11) is 0. The molecule has 78 valence electrons. The van der Waals surface area contributed by atoms with Crippen LogP contribution in [-0.4, -0.2) is 19.1 Å². The van der Waals surface area contributed by atoms with Gasteiger partial charge in [0.25, 0.3) is 0 Å². The Hall–Kier alpha value is -0.0800. The van der Waals surface area contributed by atoms with E-state index in [2.05, 4.69) is 19.2 Å². The molecule has 1 aliphatic carbocycles. The topological polar surface area (TPSA) is 38.0 Å². The zero-order valence-corrected chi connectivity index (χ0v) is 9.05. The van der Waals surface area contributed by atoms with Gasteiger partial charge in [0.05, 0.1) is 0 Å². The van der Waals surface area contributed by atoms with Crippen molar-refractivity contribution in [2.75, 3.05) is 13.1 Å². The summed E-state index contributed by atoms with van der Waals surface area (Å²) in [5, 5.41) is 3.60. The highest BCUT2D eigenvalue weighted by Gasteiger charge is 2.18. The van der Waals surface area contributed by atoms with Gasteiger partial charge in [0.2, 0.25) is 0 Å². The van der Waals surface area contributed by atoms with Crippen molar-refractivity contribution in [3.63, 3.8) is 0 Å². The molecule has 13 heavy (non-hydrogen) atoms. The minimum Gasteiger partial charge on any atom is -0.330 e.